The van der Waals surface area contributed by atoms with E-state index in [4.69, 9.17) is 9.47 Å². The highest BCUT2D eigenvalue weighted by Gasteiger charge is 2.36. The van der Waals surface area contributed by atoms with Crippen LogP contribution in [-0.4, -0.2) is 56.2 Å². The SMILES string of the molecule is COc1ccc(CN(Cc2ccc(OC)cc2)S(=O)(=O)CCN2CCC2(C)C)cc1. The molecule has 0 radical (unpaired) electrons. The van der Waals surface area contributed by atoms with Gasteiger partial charge in [0.2, 0.25) is 10.0 Å². The number of nitrogens with zero attached hydrogens (tertiary/aromatic N) is 2. The van der Waals surface area contributed by atoms with Gasteiger partial charge in [-0.05, 0) is 55.7 Å². The number of methoxy groups -OCH3 is 2. The zero-order valence-electron chi connectivity index (χ0n) is 18.3. The van der Waals surface area contributed by atoms with Crippen molar-refractivity contribution in [2.75, 3.05) is 33.1 Å². The third-order valence-electron chi connectivity index (χ3n) is 5.90. The molecule has 0 aromatic heterocycles. The molecule has 6 nitrogen and oxygen atoms in total. The number of hydrogen-bond donors (Lipinski definition) is 0. The molecule has 30 heavy (non-hydrogen) atoms. The van der Waals surface area contributed by atoms with E-state index in [0.29, 0.717) is 19.6 Å². The lowest BCUT2D eigenvalue weighted by Crippen LogP contribution is -2.57. The van der Waals surface area contributed by atoms with Crippen molar-refractivity contribution in [1.29, 1.82) is 0 Å². The summed E-state index contributed by atoms with van der Waals surface area (Å²) in [7, 11) is -0.207. The van der Waals surface area contributed by atoms with Crippen LogP contribution in [0.3, 0.4) is 0 Å². The highest BCUT2D eigenvalue weighted by atomic mass is 32.2. The van der Waals surface area contributed by atoms with Gasteiger partial charge in [0.25, 0.3) is 0 Å². The Kier molecular flexibility index (Phi) is 7.06. The molecule has 0 amide bonds. The molecule has 1 aliphatic heterocycles. The number of sulfonamides is 1. The Morgan fingerprint density at radius 2 is 1.37 bits per heavy atom. The molecule has 0 aliphatic carbocycles. The predicted molar refractivity (Wildman–Crippen MR) is 119 cm³/mol. The molecule has 7 heteroatoms. The summed E-state index contributed by atoms with van der Waals surface area (Å²) < 4.78 is 38.6. The summed E-state index contributed by atoms with van der Waals surface area (Å²) in [6.45, 7) is 6.48. The Labute approximate surface area is 180 Å². The monoisotopic (exact) mass is 432 g/mol. The second kappa shape index (κ2) is 9.37. The van der Waals surface area contributed by atoms with Gasteiger partial charge in [0.1, 0.15) is 11.5 Å². The van der Waals surface area contributed by atoms with E-state index in [1.807, 2.05) is 48.5 Å². The Bertz CT molecular complexity index is 875. The third-order valence-corrected chi connectivity index (χ3v) is 7.64. The van der Waals surface area contributed by atoms with Crippen molar-refractivity contribution in [3.05, 3.63) is 59.7 Å². The molecule has 0 N–H and O–H groups in total. The fraction of sp³-hybridized carbons (Fsp3) is 0.478. The van der Waals surface area contributed by atoms with Crippen LogP contribution >= 0.6 is 0 Å². The van der Waals surface area contributed by atoms with E-state index >= 15 is 0 Å². The maximum absolute atomic E-state index is 13.3. The minimum atomic E-state index is -3.44. The van der Waals surface area contributed by atoms with E-state index in [-0.39, 0.29) is 11.3 Å². The Balaban J connectivity index is 1.77. The van der Waals surface area contributed by atoms with Crippen molar-refractivity contribution in [3.63, 3.8) is 0 Å². The minimum Gasteiger partial charge on any atom is -0.497 e. The second-order valence-corrected chi connectivity index (χ2v) is 10.4. The van der Waals surface area contributed by atoms with Crippen molar-refractivity contribution in [2.24, 2.45) is 0 Å². The van der Waals surface area contributed by atoms with Crippen LogP contribution in [0.15, 0.2) is 48.5 Å². The fourth-order valence-electron chi connectivity index (χ4n) is 3.61. The molecule has 1 saturated heterocycles. The molecule has 0 saturated carbocycles. The van der Waals surface area contributed by atoms with E-state index in [1.54, 1.807) is 18.5 Å². The maximum Gasteiger partial charge on any atom is 0.215 e. The summed E-state index contributed by atoms with van der Waals surface area (Å²) in [6.07, 6.45) is 1.11. The zero-order chi connectivity index (χ0) is 21.8. The first-order valence-electron chi connectivity index (χ1n) is 10.2. The topological polar surface area (TPSA) is 59.1 Å². The normalized spacial score (nSPS) is 16.3. The van der Waals surface area contributed by atoms with Crippen LogP contribution in [0.1, 0.15) is 31.4 Å². The molecule has 0 bridgehead atoms. The van der Waals surface area contributed by atoms with Crippen LogP contribution in [-0.2, 0) is 23.1 Å². The number of benzene rings is 2. The van der Waals surface area contributed by atoms with Gasteiger partial charge >= 0.3 is 0 Å². The lowest BCUT2D eigenvalue weighted by molar-refractivity contribution is 0.0223. The quantitative estimate of drug-likeness (QED) is 0.575. The molecule has 1 fully saturated rings. The first-order valence-corrected chi connectivity index (χ1v) is 11.8. The van der Waals surface area contributed by atoms with Crippen molar-refractivity contribution >= 4 is 10.0 Å². The van der Waals surface area contributed by atoms with Gasteiger partial charge in [0, 0.05) is 31.7 Å². The number of hydrogen-bond acceptors (Lipinski definition) is 5. The van der Waals surface area contributed by atoms with Crippen molar-refractivity contribution in [1.82, 2.24) is 9.21 Å². The average molecular weight is 433 g/mol. The zero-order valence-corrected chi connectivity index (χ0v) is 19.1. The summed E-state index contributed by atoms with van der Waals surface area (Å²) in [5.41, 5.74) is 1.95. The molecule has 1 aliphatic rings. The summed E-state index contributed by atoms with van der Waals surface area (Å²) in [4.78, 5) is 2.24. The molecular weight excluding hydrogens is 400 g/mol. The smallest absolute Gasteiger partial charge is 0.215 e. The summed E-state index contributed by atoms with van der Waals surface area (Å²) in [5, 5.41) is 0. The standard InChI is InChI=1S/C23H32N2O4S/c1-23(2)13-14-24(23)15-16-30(26,27)25(17-19-5-9-21(28-3)10-6-19)18-20-7-11-22(29-4)12-8-20/h5-12H,13-18H2,1-4H3. The number of ether oxygens (including phenoxy) is 2. The molecule has 0 atom stereocenters. The first kappa shape index (κ1) is 22.6. The Morgan fingerprint density at radius 3 is 1.70 bits per heavy atom. The minimum absolute atomic E-state index is 0.0896. The molecule has 0 unspecified atom stereocenters. The largest absolute Gasteiger partial charge is 0.497 e. The lowest BCUT2D eigenvalue weighted by Gasteiger charge is -2.48. The molecule has 2 aromatic rings. The van der Waals surface area contributed by atoms with E-state index in [0.717, 1.165) is 35.6 Å². The Morgan fingerprint density at radius 1 is 0.900 bits per heavy atom. The van der Waals surface area contributed by atoms with Gasteiger partial charge in [-0.3, -0.25) is 4.90 Å². The summed E-state index contributed by atoms with van der Waals surface area (Å²) in [5.74, 6) is 1.62. The van der Waals surface area contributed by atoms with Gasteiger partial charge in [-0.2, -0.15) is 4.31 Å². The van der Waals surface area contributed by atoms with E-state index in [2.05, 4.69) is 18.7 Å². The molecule has 1 heterocycles. The average Bonchev–Trinajstić information content (AvgIpc) is 2.73. The van der Waals surface area contributed by atoms with Gasteiger partial charge in [-0.15, -0.1) is 0 Å². The van der Waals surface area contributed by atoms with Crippen molar-refractivity contribution in [2.45, 2.75) is 38.9 Å². The fourth-order valence-corrected chi connectivity index (χ4v) is 5.01. The van der Waals surface area contributed by atoms with Crippen LogP contribution in [0, 0.1) is 0 Å². The summed E-state index contributed by atoms with van der Waals surface area (Å²) >= 11 is 0. The third kappa shape index (κ3) is 5.53. The van der Waals surface area contributed by atoms with E-state index < -0.39 is 10.0 Å². The Hall–Kier alpha value is -2.09. The van der Waals surface area contributed by atoms with Crippen LogP contribution in [0.25, 0.3) is 0 Å². The van der Waals surface area contributed by atoms with Crippen molar-refractivity contribution < 1.29 is 17.9 Å². The van der Waals surface area contributed by atoms with Gasteiger partial charge in [-0.1, -0.05) is 24.3 Å². The first-order chi connectivity index (χ1) is 14.2. The summed E-state index contributed by atoms with van der Waals surface area (Å²) in [6, 6.07) is 15.1. The van der Waals surface area contributed by atoms with Crippen molar-refractivity contribution in [3.8, 4) is 11.5 Å². The molecule has 2 aromatic carbocycles. The molecule has 3 rings (SSSR count). The van der Waals surface area contributed by atoms with E-state index in [9.17, 15) is 8.42 Å². The molecule has 164 valence electrons. The highest BCUT2D eigenvalue weighted by Crippen LogP contribution is 2.29. The highest BCUT2D eigenvalue weighted by molar-refractivity contribution is 7.89. The van der Waals surface area contributed by atoms with Gasteiger partial charge < -0.3 is 9.47 Å². The maximum atomic E-state index is 13.3. The van der Waals surface area contributed by atoms with Crippen LogP contribution in [0.2, 0.25) is 0 Å². The molecule has 0 spiro atoms. The number of likely N-dealkylation sites (tertiary alicyclic amines) is 1. The van der Waals surface area contributed by atoms with Crippen LogP contribution in [0.5, 0.6) is 11.5 Å². The van der Waals surface area contributed by atoms with Crippen LogP contribution < -0.4 is 9.47 Å². The molecular formula is C23H32N2O4S. The predicted octanol–water partition coefficient (Wildman–Crippen LogP) is 3.52. The lowest BCUT2D eigenvalue weighted by atomic mass is 9.89. The van der Waals surface area contributed by atoms with Gasteiger partial charge in [-0.25, -0.2) is 8.42 Å². The second-order valence-electron chi connectivity index (χ2n) is 8.33. The van der Waals surface area contributed by atoms with Gasteiger partial charge in [0.05, 0.1) is 20.0 Å². The van der Waals surface area contributed by atoms with Gasteiger partial charge in [0.15, 0.2) is 0 Å². The van der Waals surface area contributed by atoms with Crippen LogP contribution in [0.4, 0.5) is 0 Å². The number of rotatable bonds is 10. The van der Waals surface area contributed by atoms with E-state index in [1.165, 1.54) is 0 Å².